The lowest BCUT2D eigenvalue weighted by Gasteiger charge is -2.33. The van der Waals surface area contributed by atoms with Gasteiger partial charge in [0.15, 0.2) is 24.1 Å². The van der Waals surface area contributed by atoms with Gasteiger partial charge in [0.05, 0.1) is 6.61 Å². The Morgan fingerprint density at radius 3 is 2.37 bits per heavy atom. The van der Waals surface area contributed by atoms with E-state index in [4.69, 9.17) is 16.2 Å². The van der Waals surface area contributed by atoms with E-state index in [9.17, 15) is 47.2 Å². The zero-order valence-electron chi connectivity index (χ0n) is 16.9. The Balaban J connectivity index is 2.24. The van der Waals surface area contributed by atoms with Gasteiger partial charge in [-0.15, -0.1) is 14.7 Å². The summed E-state index contributed by atoms with van der Waals surface area (Å²) in [5.41, 5.74) is 8.42. The maximum Gasteiger partial charge on any atom is 0.513 e. The third kappa shape index (κ3) is 6.15. The Labute approximate surface area is 192 Å². The number of nitroso groups, excluding NO2 is 3. The van der Waals surface area contributed by atoms with Crippen molar-refractivity contribution in [2.75, 3.05) is 13.2 Å². The van der Waals surface area contributed by atoms with E-state index in [2.05, 4.69) is 24.7 Å². The first-order valence-corrected chi connectivity index (χ1v) is 13.2. The van der Waals surface area contributed by atoms with E-state index in [0.29, 0.717) is 11.1 Å². The van der Waals surface area contributed by atoms with Gasteiger partial charge in [-0.1, -0.05) is 6.58 Å². The number of nitrogens with two attached hydrogens (primary N) is 2. The molecule has 6 N–H and O–H groups in total. The molecule has 6 atom stereocenters. The quantitative estimate of drug-likeness (QED) is 0.191. The smallest absolute Gasteiger partial charge is 0.387 e. The predicted molar refractivity (Wildman–Crippen MR) is 110 cm³/mol. The normalized spacial score (nSPS) is 30.6. The molecule has 0 aromatic rings. The Kier molecular flexibility index (Phi) is 8.66. The van der Waals surface area contributed by atoms with Gasteiger partial charge in [0.1, 0.15) is 17.5 Å². The lowest BCUT2D eigenvalue weighted by atomic mass is 9.97. The molecule has 196 valence electrons. The number of ether oxygens (including phenoxy) is 1. The minimum Gasteiger partial charge on any atom is -0.387 e. The summed E-state index contributed by atoms with van der Waals surface area (Å²) < 4.78 is 81.5. The number of aliphatic imine (C=N–C) groups is 1. The molecule has 0 saturated carbocycles. The molecule has 0 bridgehead atoms. The van der Waals surface area contributed by atoms with Crippen LogP contribution in [0.4, 0.5) is 8.78 Å². The van der Waals surface area contributed by atoms with Crippen molar-refractivity contribution in [1.29, 1.82) is 0 Å². The van der Waals surface area contributed by atoms with Crippen LogP contribution in [0, 0.1) is 14.7 Å². The summed E-state index contributed by atoms with van der Waals surface area (Å²) in [7, 11) is -17.2. The largest absolute Gasteiger partial charge is 0.513 e. The number of halogens is 2. The highest BCUT2D eigenvalue weighted by Gasteiger charge is 2.58. The van der Waals surface area contributed by atoms with Gasteiger partial charge < -0.3 is 31.1 Å². The number of aliphatic hydroxyl groups is 1. The van der Waals surface area contributed by atoms with E-state index in [-0.39, 0.29) is 5.82 Å². The minimum absolute atomic E-state index is 0.323. The third-order valence-electron chi connectivity index (χ3n) is 4.33. The molecule has 0 aliphatic carbocycles. The van der Waals surface area contributed by atoms with Gasteiger partial charge in [0.25, 0.3) is 0 Å². The van der Waals surface area contributed by atoms with Crippen molar-refractivity contribution < 1.29 is 50.4 Å². The second-order valence-corrected chi connectivity index (χ2v) is 11.5. The van der Waals surface area contributed by atoms with Gasteiger partial charge in [-0.25, -0.2) is 27.5 Å². The van der Waals surface area contributed by atoms with Crippen molar-refractivity contribution in [3.8, 4) is 0 Å². The third-order valence-corrected chi connectivity index (χ3v) is 8.72. The van der Waals surface area contributed by atoms with E-state index in [1.54, 1.807) is 9.89 Å². The lowest BCUT2D eigenvalue weighted by molar-refractivity contribution is -0.125. The van der Waals surface area contributed by atoms with Gasteiger partial charge >= 0.3 is 23.2 Å². The van der Waals surface area contributed by atoms with Crippen LogP contribution in [0.3, 0.4) is 0 Å². The molecule has 0 amide bonds. The molecule has 1 saturated heterocycles. The molecular formula is C11H16F2N7O12P3. The molecule has 24 heteroatoms. The number of hydrogen-bond acceptors (Lipinski definition) is 15. The summed E-state index contributed by atoms with van der Waals surface area (Å²) in [6.45, 7) is 1.27. The van der Waals surface area contributed by atoms with Crippen LogP contribution in [0.15, 0.2) is 44.3 Å². The van der Waals surface area contributed by atoms with Crippen LogP contribution >= 0.6 is 23.2 Å². The number of aliphatic hydroxyl groups excluding tert-OH is 1. The van der Waals surface area contributed by atoms with E-state index in [1.807, 2.05) is 4.95 Å². The maximum atomic E-state index is 14.9. The zero-order valence-corrected chi connectivity index (χ0v) is 19.6. The fourth-order valence-corrected chi connectivity index (χ4v) is 6.20. The first-order valence-electron chi connectivity index (χ1n) is 8.64. The monoisotopic (exact) mass is 569 g/mol. The van der Waals surface area contributed by atoms with Gasteiger partial charge in [-0.2, -0.15) is 8.62 Å². The predicted octanol–water partition coefficient (Wildman–Crippen LogP) is 1.36. The van der Waals surface area contributed by atoms with Gasteiger partial charge in [0, 0.05) is 27.6 Å². The van der Waals surface area contributed by atoms with Crippen molar-refractivity contribution in [2.24, 2.45) is 31.3 Å². The summed E-state index contributed by atoms with van der Waals surface area (Å²) in [5, 5.41) is 10.3. The molecule has 2 aliphatic rings. The lowest BCUT2D eigenvalue weighted by Crippen LogP contribution is -2.51. The SMILES string of the molecule is C=C1N=C(N)C(F)=CN1[C@@H]1O[C@](CN)(COP(=O)(N=O)OP(=O)(O)OP(=O)(N=O)N=O)[C@@H](O)[C@H]1F. The highest BCUT2D eigenvalue weighted by atomic mass is 31.3. The highest BCUT2D eigenvalue weighted by molar-refractivity contribution is 7.70. The molecule has 1 fully saturated rings. The second-order valence-electron chi connectivity index (χ2n) is 6.57. The summed E-state index contributed by atoms with van der Waals surface area (Å²) in [6, 6.07) is 0. The average molecular weight is 569 g/mol. The number of phosphoric acid groups is 1. The Bertz CT molecular complexity index is 1110. The van der Waals surface area contributed by atoms with Crippen molar-refractivity contribution in [2.45, 2.75) is 24.1 Å². The van der Waals surface area contributed by atoms with E-state index in [0.717, 1.165) is 0 Å². The summed E-state index contributed by atoms with van der Waals surface area (Å²) >= 11 is 0. The van der Waals surface area contributed by atoms with Crippen LogP contribution in [0.5, 0.6) is 0 Å². The summed E-state index contributed by atoms with van der Waals surface area (Å²) in [4.78, 5) is 50.2. The molecule has 0 spiro atoms. The maximum absolute atomic E-state index is 14.9. The van der Waals surface area contributed by atoms with Gasteiger partial charge in [-0.3, -0.25) is 4.52 Å². The molecule has 19 nitrogen and oxygen atoms in total. The van der Waals surface area contributed by atoms with Crippen LogP contribution in [0.1, 0.15) is 0 Å². The highest BCUT2D eigenvalue weighted by Crippen LogP contribution is 2.71. The van der Waals surface area contributed by atoms with Crippen molar-refractivity contribution in [1.82, 2.24) is 4.90 Å². The van der Waals surface area contributed by atoms with Crippen molar-refractivity contribution in [3.63, 3.8) is 0 Å². The summed E-state index contributed by atoms with van der Waals surface area (Å²) in [5.74, 6) is -2.02. The van der Waals surface area contributed by atoms with E-state index < -0.39 is 72.2 Å². The van der Waals surface area contributed by atoms with Crippen LogP contribution in [-0.2, 0) is 31.6 Å². The Hall–Kier alpha value is -2.18. The number of amidine groups is 1. The van der Waals surface area contributed by atoms with E-state index >= 15 is 0 Å². The van der Waals surface area contributed by atoms with Crippen molar-refractivity contribution in [3.05, 3.63) is 39.1 Å². The summed E-state index contributed by atoms with van der Waals surface area (Å²) in [6.07, 6.45) is -5.84. The molecule has 0 aromatic heterocycles. The standard InChI is InChI=1S/C11H16F2N7O12P3/c1-5-16-9(15)6(12)2-20(5)10-7(13)8(21)11(3-14,30-10)4-29-34(26,19-24)32-35(27,28)31-33(25,17-22)18-23/h2,7-8,10,21H,1,3-4,14H2,(H2,15,16)(H,27,28)/t7-,8+,10-,11-,34?/m1/s1. The minimum atomic E-state index is -6.00. The van der Waals surface area contributed by atoms with Crippen LogP contribution in [0.2, 0.25) is 0 Å². The zero-order chi connectivity index (χ0) is 26.8. The van der Waals surface area contributed by atoms with E-state index in [1.165, 1.54) is 0 Å². The average Bonchev–Trinajstić information content (AvgIpc) is 3.05. The second kappa shape index (κ2) is 10.4. The number of rotatable bonds is 12. The van der Waals surface area contributed by atoms with Crippen LogP contribution < -0.4 is 11.5 Å². The fraction of sp³-hybridized carbons (Fsp3) is 0.545. The molecule has 35 heavy (non-hydrogen) atoms. The van der Waals surface area contributed by atoms with Crippen LogP contribution in [-0.4, -0.2) is 58.0 Å². The first-order chi connectivity index (χ1) is 16.1. The van der Waals surface area contributed by atoms with Gasteiger partial charge in [0.2, 0.25) is 0 Å². The molecular weight excluding hydrogens is 553 g/mol. The molecule has 0 radical (unpaired) electrons. The van der Waals surface area contributed by atoms with Crippen molar-refractivity contribution >= 4 is 29.1 Å². The molecule has 2 aliphatic heterocycles. The number of nitrogens with zero attached hydrogens (tertiary/aromatic N) is 5. The topological polar surface area (TPSA) is 285 Å². The Morgan fingerprint density at radius 1 is 1.26 bits per heavy atom. The number of hydrogen-bond donors (Lipinski definition) is 4. The fourth-order valence-electron chi connectivity index (χ4n) is 2.69. The Morgan fingerprint density at radius 2 is 1.86 bits per heavy atom. The molecule has 2 heterocycles. The van der Waals surface area contributed by atoms with Crippen LogP contribution in [0.25, 0.3) is 0 Å². The number of alkyl halides is 1. The van der Waals surface area contributed by atoms with Gasteiger partial charge in [-0.05, 0) is 0 Å². The molecule has 0 aromatic carbocycles. The molecule has 2 unspecified atom stereocenters. The molecule has 2 rings (SSSR count). The first kappa shape index (κ1) is 29.1.